The van der Waals surface area contributed by atoms with Crippen LogP contribution in [0.1, 0.15) is 24.1 Å². The molecule has 2 N–H and O–H groups in total. The molecule has 104 valence electrons. The second-order valence-electron chi connectivity index (χ2n) is 5.37. The van der Waals surface area contributed by atoms with Crippen LogP contribution in [0.15, 0.2) is 6.33 Å². The molecule has 19 heavy (non-hydrogen) atoms. The molecule has 1 aliphatic carbocycles. The maximum Gasteiger partial charge on any atom is 0.132 e. The largest absolute Gasteiger partial charge is 0.370 e. The molecule has 5 heteroatoms. The van der Waals surface area contributed by atoms with Crippen molar-refractivity contribution < 1.29 is 0 Å². The molecular formula is C14H23N5. The first-order chi connectivity index (χ1) is 9.43. The highest BCUT2D eigenvalue weighted by Crippen LogP contribution is 2.24. The van der Waals surface area contributed by atoms with Gasteiger partial charge in [-0.05, 0) is 32.2 Å². The van der Waals surface area contributed by atoms with Gasteiger partial charge in [-0.15, -0.1) is 0 Å². The second kappa shape index (κ2) is 6.30. The highest BCUT2D eigenvalue weighted by atomic mass is 15.2. The van der Waals surface area contributed by atoms with Gasteiger partial charge in [-0.25, -0.2) is 9.97 Å². The number of hydrogen-bond donors (Lipinski definition) is 2. The molecule has 2 heterocycles. The molecule has 0 bridgehead atoms. The van der Waals surface area contributed by atoms with E-state index in [-0.39, 0.29) is 0 Å². The van der Waals surface area contributed by atoms with Gasteiger partial charge in [-0.2, -0.15) is 0 Å². The maximum atomic E-state index is 4.39. The fourth-order valence-corrected chi connectivity index (χ4v) is 2.96. The molecule has 0 aromatic carbocycles. The summed E-state index contributed by atoms with van der Waals surface area (Å²) >= 11 is 0. The number of nitrogens with zero attached hydrogens (tertiary/aromatic N) is 3. The molecule has 0 unspecified atom stereocenters. The smallest absolute Gasteiger partial charge is 0.132 e. The molecule has 1 fully saturated rings. The van der Waals surface area contributed by atoms with Gasteiger partial charge in [0.25, 0.3) is 0 Å². The summed E-state index contributed by atoms with van der Waals surface area (Å²) in [6.45, 7) is 6.82. The molecule has 0 radical (unpaired) electrons. The fourth-order valence-electron chi connectivity index (χ4n) is 2.96. The highest BCUT2D eigenvalue weighted by molar-refractivity contribution is 5.47. The summed E-state index contributed by atoms with van der Waals surface area (Å²) in [6.07, 6.45) is 6.36. The van der Waals surface area contributed by atoms with Gasteiger partial charge in [0.15, 0.2) is 0 Å². The lowest BCUT2D eigenvalue weighted by Crippen LogP contribution is -2.44. The van der Waals surface area contributed by atoms with Crippen molar-refractivity contribution in [3.63, 3.8) is 0 Å². The lowest BCUT2D eigenvalue weighted by Gasteiger charge is -2.27. The lowest BCUT2D eigenvalue weighted by atomic mass is 10.2. The Balaban J connectivity index is 1.44. The molecule has 0 spiro atoms. The Morgan fingerprint density at radius 2 is 2.11 bits per heavy atom. The number of hydrogen-bond acceptors (Lipinski definition) is 5. The van der Waals surface area contributed by atoms with E-state index in [0.717, 1.165) is 38.3 Å². The zero-order valence-corrected chi connectivity index (χ0v) is 11.5. The van der Waals surface area contributed by atoms with Gasteiger partial charge in [0.1, 0.15) is 12.1 Å². The summed E-state index contributed by atoms with van der Waals surface area (Å²) in [6, 6.07) is 0. The van der Waals surface area contributed by atoms with Crippen LogP contribution < -0.4 is 10.6 Å². The summed E-state index contributed by atoms with van der Waals surface area (Å²) in [5.41, 5.74) is 2.60. The van der Waals surface area contributed by atoms with Gasteiger partial charge in [-0.1, -0.05) is 0 Å². The van der Waals surface area contributed by atoms with Gasteiger partial charge in [-0.3, -0.25) is 0 Å². The van der Waals surface area contributed by atoms with Crippen molar-refractivity contribution in [2.75, 3.05) is 44.6 Å². The fraction of sp³-hybridized carbons (Fsp3) is 0.714. The molecule has 1 aromatic rings. The van der Waals surface area contributed by atoms with Crippen molar-refractivity contribution in [2.24, 2.45) is 0 Å². The normalized spacial score (nSPS) is 19.4. The number of fused-ring (bicyclic) bond motifs is 1. The van der Waals surface area contributed by atoms with Crippen LogP contribution in [0, 0.1) is 0 Å². The first kappa shape index (κ1) is 12.8. The average molecular weight is 261 g/mol. The van der Waals surface area contributed by atoms with Crippen LogP contribution in [0.4, 0.5) is 5.82 Å². The minimum Gasteiger partial charge on any atom is -0.370 e. The van der Waals surface area contributed by atoms with Crippen LogP contribution in [0.3, 0.4) is 0 Å². The Morgan fingerprint density at radius 3 is 3.00 bits per heavy atom. The van der Waals surface area contributed by atoms with E-state index >= 15 is 0 Å². The Hall–Kier alpha value is -1.20. The lowest BCUT2D eigenvalue weighted by molar-refractivity contribution is 0.240. The van der Waals surface area contributed by atoms with Crippen LogP contribution in [0.2, 0.25) is 0 Å². The van der Waals surface area contributed by atoms with Crippen molar-refractivity contribution in [1.82, 2.24) is 20.2 Å². The third kappa shape index (κ3) is 3.22. The molecular weight excluding hydrogens is 238 g/mol. The van der Waals surface area contributed by atoms with Crippen LogP contribution in [-0.4, -0.2) is 54.1 Å². The van der Waals surface area contributed by atoms with E-state index in [1.54, 1.807) is 6.33 Å². The first-order valence-corrected chi connectivity index (χ1v) is 7.43. The number of rotatable bonds is 5. The van der Waals surface area contributed by atoms with Crippen molar-refractivity contribution in [3.05, 3.63) is 17.6 Å². The first-order valence-electron chi connectivity index (χ1n) is 7.43. The van der Waals surface area contributed by atoms with E-state index in [1.165, 1.54) is 43.7 Å². The van der Waals surface area contributed by atoms with E-state index in [2.05, 4.69) is 25.5 Å². The third-order valence-corrected chi connectivity index (χ3v) is 4.03. The highest BCUT2D eigenvalue weighted by Gasteiger charge is 2.16. The Kier molecular flexibility index (Phi) is 4.25. The van der Waals surface area contributed by atoms with E-state index in [1.807, 2.05) is 0 Å². The topological polar surface area (TPSA) is 53.1 Å². The molecule has 0 atom stereocenters. The van der Waals surface area contributed by atoms with Crippen molar-refractivity contribution in [1.29, 1.82) is 0 Å². The van der Waals surface area contributed by atoms with Crippen molar-refractivity contribution in [3.8, 4) is 0 Å². The van der Waals surface area contributed by atoms with Gasteiger partial charge < -0.3 is 15.5 Å². The summed E-state index contributed by atoms with van der Waals surface area (Å²) in [5, 5.41) is 6.88. The number of anilines is 1. The monoisotopic (exact) mass is 261 g/mol. The van der Waals surface area contributed by atoms with Crippen molar-refractivity contribution in [2.45, 2.75) is 25.7 Å². The van der Waals surface area contributed by atoms with E-state index in [4.69, 9.17) is 0 Å². The summed E-state index contributed by atoms with van der Waals surface area (Å²) in [4.78, 5) is 11.3. The van der Waals surface area contributed by atoms with E-state index in [9.17, 15) is 0 Å². The zero-order valence-electron chi connectivity index (χ0n) is 11.5. The zero-order chi connectivity index (χ0) is 12.9. The predicted molar refractivity (Wildman–Crippen MR) is 76.5 cm³/mol. The molecule has 0 amide bonds. The number of aromatic nitrogens is 2. The third-order valence-electron chi connectivity index (χ3n) is 4.03. The number of aryl methyl sites for hydroxylation is 1. The van der Waals surface area contributed by atoms with Gasteiger partial charge in [0.05, 0.1) is 0 Å². The molecule has 5 nitrogen and oxygen atoms in total. The predicted octanol–water partition coefficient (Wildman–Crippen LogP) is 0.672. The Labute approximate surface area is 114 Å². The van der Waals surface area contributed by atoms with E-state index < -0.39 is 0 Å². The molecule has 1 aromatic heterocycles. The van der Waals surface area contributed by atoms with Crippen LogP contribution in [0.25, 0.3) is 0 Å². The van der Waals surface area contributed by atoms with Crippen LogP contribution in [-0.2, 0) is 12.8 Å². The number of nitrogens with one attached hydrogen (secondary N) is 2. The summed E-state index contributed by atoms with van der Waals surface area (Å²) in [5.74, 6) is 1.07. The average Bonchev–Trinajstić information content (AvgIpc) is 2.94. The number of piperazine rings is 1. The standard InChI is InChI=1S/C14H23N5/c1-3-12-13(4-1)17-11-18-14(12)16-5-2-8-19-9-6-15-7-10-19/h11,15H,1-10H2,(H,16,17,18). The van der Waals surface area contributed by atoms with Gasteiger partial charge >= 0.3 is 0 Å². The van der Waals surface area contributed by atoms with Crippen LogP contribution in [0.5, 0.6) is 0 Å². The maximum absolute atomic E-state index is 4.39. The minimum atomic E-state index is 1.01. The second-order valence-corrected chi connectivity index (χ2v) is 5.37. The molecule has 0 saturated carbocycles. The molecule has 2 aliphatic rings. The quantitative estimate of drug-likeness (QED) is 0.763. The summed E-state index contributed by atoms with van der Waals surface area (Å²) < 4.78 is 0. The summed E-state index contributed by atoms with van der Waals surface area (Å²) in [7, 11) is 0. The SMILES string of the molecule is c1nc2c(c(NCCCN3CCNCC3)n1)CCC2. The van der Waals surface area contributed by atoms with Crippen LogP contribution >= 0.6 is 0 Å². The Morgan fingerprint density at radius 1 is 1.21 bits per heavy atom. The molecule has 3 rings (SSSR count). The molecule has 1 saturated heterocycles. The van der Waals surface area contributed by atoms with E-state index in [0.29, 0.717) is 0 Å². The Bertz CT molecular complexity index is 414. The van der Waals surface area contributed by atoms with Gasteiger partial charge in [0, 0.05) is 44.0 Å². The van der Waals surface area contributed by atoms with Gasteiger partial charge in [0.2, 0.25) is 0 Å². The minimum absolute atomic E-state index is 1.01. The van der Waals surface area contributed by atoms with Crippen molar-refractivity contribution >= 4 is 5.82 Å². The molecule has 1 aliphatic heterocycles.